The molecule has 0 spiro atoms. The standard InChI is InChI=1S/C20H26N4O3/c1-14-13-24(16-7-5-4-6-8-16)22-18(14)27-20(2,3)19(26)23-11-9-15(10-12-23)17(21)25/h4-8,13,15H,9-12H2,1-3H3,(H2,21,25). The van der Waals surface area contributed by atoms with Gasteiger partial charge in [-0.1, -0.05) is 18.2 Å². The number of nitrogens with two attached hydrogens (primary N) is 1. The summed E-state index contributed by atoms with van der Waals surface area (Å²) in [7, 11) is 0. The van der Waals surface area contributed by atoms with Gasteiger partial charge in [-0.2, -0.15) is 0 Å². The van der Waals surface area contributed by atoms with Crippen LogP contribution in [0.3, 0.4) is 0 Å². The number of ether oxygens (including phenoxy) is 1. The largest absolute Gasteiger partial charge is 0.460 e. The summed E-state index contributed by atoms with van der Waals surface area (Å²) in [5.74, 6) is -0.120. The molecular weight excluding hydrogens is 344 g/mol. The van der Waals surface area contributed by atoms with Gasteiger partial charge in [0.2, 0.25) is 11.8 Å². The van der Waals surface area contributed by atoms with Crippen LogP contribution in [0.4, 0.5) is 0 Å². The van der Waals surface area contributed by atoms with Crippen molar-refractivity contribution < 1.29 is 14.3 Å². The van der Waals surface area contributed by atoms with Crippen molar-refractivity contribution in [1.82, 2.24) is 14.7 Å². The molecular formula is C20H26N4O3. The zero-order chi connectivity index (χ0) is 19.6. The van der Waals surface area contributed by atoms with Gasteiger partial charge in [0, 0.05) is 30.8 Å². The number of aryl methyl sites for hydroxylation is 1. The van der Waals surface area contributed by atoms with Gasteiger partial charge in [0.15, 0.2) is 5.60 Å². The summed E-state index contributed by atoms with van der Waals surface area (Å²) in [5, 5.41) is 4.49. The van der Waals surface area contributed by atoms with E-state index in [-0.39, 0.29) is 17.7 Å². The maximum absolute atomic E-state index is 12.9. The first-order valence-corrected chi connectivity index (χ1v) is 9.17. The average Bonchev–Trinajstić information content (AvgIpc) is 3.02. The number of likely N-dealkylation sites (tertiary alicyclic amines) is 1. The molecule has 1 fully saturated rings. The molecule has 2 N–H and O–H groups in total. The second-order valence-electron chi connectivity index (χ2n) is 7.48. The van der Waals surface area contributed by atoms with E-state index in [0.717, 1.165) is 11.3 Å². The third kappa shape index (κ3) is 4.13. The highest BCUT2D eigenvalue weighted by Gasteiger charge is 2.37. The molecule has 1 saturated heterocycles. The number of carbonyl (C=O) groups is 2. The number of hydrogen-bond donors (Lipinski definition) is 1. The third-order valence-corrected chi connectivity index (χ3v) is 4.92. The van der Waals surface area contributed by atoms with Crippen LogP contribution in [0.1, 0.15) is 32.3 Å². The number of hydrogen-bond acceptors (Lipinski definition) is 4. The molecule has 0 atom stereocenters. The number of piperidine rings is 1. The molecule has 144 valence electrons. The van der Waals surface area contributed by atoms with Crippen molar-refractivity contribution in [1.29, 1.82) is 0 Å². The fourth-order valence-corrected chi connectivity index (χ4v) is 3.29. The normalized spacial score (nSPS) is 15.6. The van der Waals surface area contributed by atoms with Crippen molar-refractivity contribution in [3.8, 4) is 11.6 Å². The lowest BCUT2D eigenvalue weighted by molar-refractivity contribution is -0.148. The Bertz CT molecular complexity index is 821. The topological polar surface area (TPSA) is 90.5 Å². The highest BCUT2D eigenvalue weighted by molar-refractivity contribution is 5.85. The number of rotatable bonds is 5. The fourth-order valence-electron chi connectivity index (χ4n) is 3.29. The first-order chi connectivity index (χ1) is 12.8. The molecule has 1 aliphatic rings. The summed E-state index contributed by atoms with van der Waals surface area (Å²) in [6.45, 7) is 6.42. The lowest BCUT2D eigenvalue weighted by Crippen LogP contribution is -2.52. The van der Waals surface area contributed by atoms with Crippen molar-refractivity contribution in [2.45, 2.75) is 39.2 Å². The van der Waals surface area contributed by atoms with E-state index >= 15 is 0 Å². The lowest BCUT2D eigenvalue weighted by Gasteiger charge is -2.36. The first-order valence-electron chi connectivity index (χ1n) is 9.17. The van der Waals surface area contributed by atoms with Crippen molar-refractivity contribution in [3.05, 3.63) is 42.1 Å². The second-order valence-corrected chi connectivity index (χ2v) is 7.48. The smallest absolute Gasteiger partial charge is 0.266 e. The van der Waals surface area contributed by atoms with Crippen LogP contribution in [-0.2, 0) is 9.59 Å². The number of para-hydroxylation sites is 1. The highest BCUT2D eigenvalue weighted by Crippen LogP contribution is 2.26. The van der Waals surface area contributed by atoms with Crippen LogP contribution in [-0.4, -0.2) is 45.2 Å². The Morgan fingerprint density at radius 2 is 1.81 bits per heavy atom. The minimum absolute atomic E-state index is 0.112. The maximum atomic E-state index is 12.9. The number of primary amides is 1. The average molecular weight is 370 g/mol. The van der Waals surface area contributed by atoms with Gasteiger partial charge in [-0.15, -0.1) is 5.10 Å². The molecule has 0 bridgehead atoms. The van der Waals surface area contributed by atoms with Gasteiger partial charge >= 0.3 is 0 Å². The summed E-state index contributed by atoms with van der Waals surface area (Å²) in [6.07, 6.45) is 3.07. The van der Waals surface area contributed by atoms with E-state index in [1.54, 1.807) is 23.4 Å². The van der Waals surface area contributed by atoms with E-state index in [4.69, 9.17) is 10.5 Å². The van der Waals surface area contributed by atoms with Gasteiger partial charge in [0.05, 0.1) is 5.69 Å². The fraction of sp³-hybridized carbons (Fsp3) is 0.450. The quantitative estimate of drug-likeness (QED) is 0.872. The van der Waals surface area contributed by atoms with Gasteiger partial charge in [-0.3, -0.25) is 9.59 Å². The van der Waals surface area contributed by atoms with Crippen LogP contribution in [0, 0.1) is 12.8 Å². The molecule has 2 amide bonds. The minimum atomic E-state index is -1.06. The Morgan fingerprint density at radius 1 is 1.19 bits per heavy atom. The summed E-state index contributed by atoms with van der Waals surface area (Å²) in [6, 6.07) is 9.73. The first kappa shape index (κ1) is 18.9. The summed E-state index contributed by atoms with van der Waals surface area (Å²) in [4.78, 5) is 26.0. The molecule has 0 aliphatic carbocycles. The van der Waals surface area contributed by atoms with E-state index in [9.17, 15) is 9.59 Å². The van der Waals surface area contributed by atoms with Gasteiger partial charge in [0.25, 0.3) is 5.91 Å². The van der Waals surface area contributed by atoms with Gasteiger partial charge in [-0.25, -0.2) is 4.68 Å². The van der Waals surface area contributed by atoms with E-state index in [1.807, 2.05) is 43.5 Å². The Hall–Kier alpha value is -2.83. The Morgan fingerprint density at radius 3 is 2.41 bits per heavy atom. The third-order valence-electron chi connectivity index (χ3n) is 4.92. The maximum Gasteiger partial charge on any atom is 0.266 e. The Kier molecular flexibility index (Phi) is 5.21. The van der Waals surface area contributed by atoms with Crippen molar-refractivity contribution >= 4 is 11.8 Å². The summed E-state index contributed by atoms with van der Waals surface area (Å²) < 4.78 is 7.75. The van der Waals surface area contributed by atoms with E-state index in [2.05, 4.69) is 5.10 Å². The molecule has 0 unspecified atom stereocenters. The number of carbonyl (C=O) groups excluding carboxylic acids is 2. The SMILES string of the molecule is Cc1cn(-c2ccccc2)nc1OC(C)(C)C(=O)N1CCC(C(N)=O)CC1. The van der Waals surface area contributed by atoms with E-state index in [0.29, 0.717) is 31.8 Å². The molecule has 1 aromatic carbocycles. The molecule has 7 nitrogen and oxygen atoms in total. The van der Waals surface area contributed by atoms with Crippen molar-refractivity contribution in [2.75, 3.05) is 13.1 Å². The lowest BCUT2D eigenvalue weighted by atomic mass is 9.95. The molecule has 3 rings (SSSR count). The molecule has 0 radical (unpaired) electrons. The molecule has 2 aromatic rings. The Labute approximate surface area is 159 Å². The van der Waals surface area contributed by atoms with Crippen LogP contribution < -0.4 is 10.5 Å². The van der Waals surface area contributed by atoms with Crippen LogP contribution in [0.25, 0.3) is 5.69 Å². The van der Waals surface area contributed by atoms with Gasteiger partial charge in [-0.05, 0) is 45.7 Å². The van der Waals surface area contributed by atoms with Gasteiger partial charge in [0.1, 0.15) is 0 Å². The van der Waals surface area contributed by atoms with Crippen molar-refractivity contribution in [2.24, 2.45) is 11.7 Å². The summed E-state index contributed by atoms with van der Waals surface area (Å²) >= 11 is 0. The summed E-state index contributed by atoms with van der Waals surface area (Å²) in [5.41, 5.74) is 6.09. The molecule has 0 saturated carbocycles. The second kappa shape index (κ2) is 7.42. The van der Waals surface area contributed by atoms with E-state index in [1.165, 1.54) is 0 Å². The minimum Gasteiger partial charge on any atom is -0.460 e. The predicted octanol–water partition coefficient (Wildman–Crippen LogP) is 2.06. The molecule has 27 heavy (non-hydrogen) atoms. The molecule has 7 heteroatoms. The van der Waals surface area contributed by atoms with E-state index < -0.39 is 5.60 Å². The number of benzene rings is 1. The van der Waals surface area contributed by atoms with Gasteiger partial charge < -0.3 is 15.4 Å². The number of amides is 2. The van der Waals surface area contributed by atoms with Crippen LogP contribution in [0.15, 0.2) is 36.5 Å². The zero-order valence-corrected chi connectivity index (χ0v) is 16.0. The predicted molar refractivity (Wildman–Crippen MR) is 102 cm³/mol. The van der Waals surface area contributed by atoms with Crippen LogP contribution in [0.2, 0.25) is 0 Å². The van der Waals surface area contributed by atoms with Crippen molar-refractivity contribution in [3.63, 3.8) is 0 Å². The molecule has 2 heterocycles. The van der Waals surface area contributed by atoms with Crippen LogP contribution in [0.5, 0.6) is 5.88 Å². The zero-order valence-electron chi connectivity index (χ0n) is 16.0. The monoisotopic (exact) mass is 370 g/mol. The highest BCUT2D eigenvalue weighted by atomic mass is 16.5. The van der Waals surface area contributed by atoms with Crippen LogP contribution >= 0.6 is 0 Å². The number of nitrogens with zero attached hydrogens (tertiary/aromatic N) is 3. The molecule has 1 aliphatic heterocycles. The Balaban J connectivity index is 1.70. The molecule has 1 aromatic heterocycles. The number of aromatic nitrogens is 2.